The van der Waals surface area contributed by atoms with E-state index < -0.39 is 11.6 Å². The quantitative estimate of drug-likeness (QED) is 0.372. The highest BCUT2D eigenvalue weighted by Crippen LogP contribution is 2.34. The minimum atomic E-state index is -2.20. The lowest BCUT2D eigenvalue weighted by atomic mass is 9.88. The maximum atomic E-state index is 11.4. The maximum Gasteiger partial charge on any atom is 0.254 e. The number of aliphatic hydroxyl groups is 1. The van der Waals surface area contributed by atoms with Crippen LogP contribution in [0.25, 0.3) is 0 Å². The third kappa shape index (κ3) is 2.36. The summed E-state index contributed by atoms with van der Waals surface area (Å²) in [5, 5.41) is 19.4. The second-order valence-corrected chi connectivity index (χ2v) is 4.54. The van der Waals surface area contributed by atoms with Crippen molar-refractivity contribution in [2.45, 2.75) is 33.5 Å². The highest BCUT2D eigenvalue weighted by Gasteiger charge is 2.39. The second kappa shape index (κ2) is 5.02. The van der Waals surface area contributed by atoms with Crippen molar-refractivity contribution in [1.29, 1.82) is 0 Å². The molecule has 18 heavy (non-hydrogen) atoms. The van der Waals surface area contributed by atoms with Crippen LogP contribution in [0, 0.1) is 20.8 Å². The topological polar surface area (TPSA) is 66.8 Å². The summed E-state index contributed by atoms with van der Waals surface area (Å²) in [5.41, 5.74) is 2.58. The summed E-state index contributed by atoms with van der Waals surface area (Å²) >= 11 is 0. The molecule has 0 fully saturated rings. The summed E-state index contributed by atoms with van der Waals surface area (Å²) in [6.07, 6.45) is 0. The molecule has 2 N–H and O–H groups in total. The van der Waals surface area contributed by atoms with Crippen LogP contribution >= 0.6 is 0 Å². The van der Waals surface area contributed by atoms with Crippen molar-refractivity contribution < 1.29 is 20.0 Å². The molecule has 4 nitrogen and oxygen atoms in total. The van der Waals surface area contributed by atoms with Gasteiger partial charge in [-0.15, -0.1) is 0 Å². The van der Waals surface area contributed by atoms with Crippen molar-refractivity contribution in [1.82, 2.24) is 0 Å². The molecule has 0 saturated carbocycles. The smallest absolute Gasteiger partial charge is 0.254 e. The lowest BCUT2D eigenvalue weighted by Crippen LogP contribution is -2.35. The summed E-state index contributed by atoms with van der Waals surface area (Å²) in [6, 6.07) is 3.67. The number of aryl methyl sites for hydroxylation is 3. The number of benzene rings is 1. The number of hydrogen-bond acceptors (Lipinski definition) is 4. The van der Waals surface area contributed by atoms with Gasteiger partial charge in [-0.3, -0.25) is 4.79 Å². The van der Waals surface area contributed by atoms with Crippen LogP contribution in [-0.2, 0) is 15.5 Å². The van der Waals surface area contributed by atoms with Crippen LogP contribution in [-0.4, -0.2) is 16.1 Å². The molecule has 1 unspecified atom stereocenters. The van der Waals surface area contributed by atoms with E-state index in [0.29, 0.717) is 16.7 Å². The van der Waals surface area contributed by atoms with Crippen LogP contribution in [0.3, 0.4) is 0 Å². The molecule has 98 valence electrons. The second-order valence-electron chi connectivity index (χ2n) is 4.54. The number of Topliss-reactive ketones (excluding diaryl/α,β-unsaturated/α-hetero) is 1. The molecule has 0 aliphatic rings. The molecule has 0 spiro atoms. The SMILES string of the molecule is C=C(C(C)=O)C(O)(OO)c1c(C)cc(C)cc1C. The Kier molecular flexibility index (Phi) is 4.06. The molecule has 1 aromatic carbocycles. The highest BCUT2D eigenvalue weighted by molar-refractivity contribution is 5.94. The lowest BCUT2D eigenvalue weighted by molar-refractivity contribution is -0.383. The monoisotopic (exact) mass is 250 g/mol. The maximum absolute atomic E-state index is 11.4. The number of hydrogen-bond donors (Lipinski definition) is 2. The summed E-state index contributed by atoms with van der Waals surface area (Å²) in [4.78, 5) is 15.5. The van der Waals surface area contributed by atoms with Crippen molar-refractivity contribution in [3.05, 3.63) is 46.5 Å². The predicted molar refractivity (Wildman–Crippen MR) is 68.1 cm³/mol. The Morgan fingerprint density at radius 1 is 1.28 bits per heavy atom. The van der Waals surface area contributed by atoms with Gasteiger partial charge in [0.15, 0.2) is 5.78 Å². The third-order valence-electron chi connectivity index (χ3n) is 2.98. The van der Waals surface area contributed by atoms with E-state index in [4.69, 9.17) is 5.26 Å². The minimum absolute atomic E-state index is 0.208. The average Bonchev–Trinajstić information content (AvgIpc) is 2.25. The predicted octanol–water partition coefficient (Wildman–Crippen LogP) is 2.39. The minimum Gasteiger partial charge on any atom is -0.356 e. The first-order chi connectivity index (χ1) is 8.24. The molecule has 1 aromatic rings. The van der Waals surface area contributed by atoms with Gasteiger partial charge in [-0.05, 0) is 38.8 Å². The van der Waals surface area contributed by atoms with Gasteiger partial charge in [-0.2, -0.15) is 4.89 Å². The standard InChI is InChI=1S/C14H18O4/c1-8-6-9(2)13(10(3)7-8)14(16,18-17)11(4)12(5)15/h6-7,16-17H,4H2,1-3,5H3. The Labute approximate surface area is 106 Å². The van der Waals surface area contributed by atoms with Gasteiger partial charge in [-0.25, -0.2) is 5.26 Å². The van der Waals surface area contributed by atoms with Crippen molar-refractivity contribution in [2.75, 3.05) is 0 Å². The first-order valence-electron chi connectivity index (χ1n) is 5.57. The van der Waals surface area contributed by atoms with E-state index in [1.54, 1.807) is 13.8 Å². The van der Waals surface area contributed by atoms with E-state index in [-0.39, 0.29) is 5.57 Å². The first kappa shape index (κ1) is 14.6. The molecule has 1 rings (SSSR count). The van der Waals surface area contributed by atoms with E-state index in [1.165, 1.54) is 6.92 Å². The molecule has 0 aliphatic heterocycles. The van der Waals surface area contributed by atoms with Crippen molar-refractivity contribution in [2.24, 2.45) is 0 Å². The molecule has 0 saturated heterocycles. The molecule has 0 amide bonds. The fourth-order valence-electron chi connectivity index (χ4n) is 2.20. The molecule has 0 bridgehead atoms. The van der Waals surface area contributed by atoms with Gasteiger partial charge in [0.2, 0.25) is 0 Å². The van der Waals surface area contributed by atoms with E-state index in [0.717, 1.165) is 5.56 Å². The molecule has 0 aromatic heterocycles. The average molecular weight is 250 g/mol. The van der Waals surface area contributed by atoms with Crippen molar-refractivity contribution in [3.63, 3.8) is 0 Å². The van der Waals surface area contributed by atoms with Crippen LogP contribution in [0.4, 0.5) is 0 Å². The Morgan fingerprint density at radius 2 is 1.72 bits per heavy atom. The summed E-state index contributed by atoms with van der Waals surface area (Å²) in [5.74, 6) is -2.65. The van der Waals surface area contributed by atoms with Crippen LogP contribution in [0.1, 0.15) is 29.2 Å². The van der Waals surface area contributed by atoms with Crippen molar-refractivity contribution >= 4 is 5.78 Å². The van der Waals surface area contributed by atoms with Crippen LogP contribution in [0.5, 0.6) is 0 Å². The molecular formula is C14H18O4. The van der Waals surface area contributed by atoms with Gasteiger partial charge in [0.25, 0.3) is 5.79 Å². The summed E-state index contributed by atoms with van der Waals surface area (Å²) in [6.45, 7) is 10.2. The summed E-state index contributed by atoms with van der Waals surface area (Å²) in [7, 11) is 0. The van der Waals surface area contributed by atoms with Crippen LogP contribution < -0.4 is 0 Å². The number of ketones is 1. The zero-order valence-electron chi connectivity index (χ0n) is 11.1. The largest absolute Gasteiger partial charge is 0.356 e. The molecular weight excluding hydrogens is 232 g/mol. The van der Waals surface area contributed by atoms with Gasteiger partial charge in [-0.1, -0.05) is 24.3 Å². The van der Waals surface area contributed by atoms with E-state index in [1.807, 2.05) is 19.1 Å². The van der Waals surface area contributed by atoms with E-state index in [2.05, 4.69) is 11.5 Å². The highest BCUT2D eigenvalue weighted by atomic mass is 17.1. The zero-order valence-corrected chi connectivity index (χ0v) is 11.1. The van der Waals surface area contributed by atoms with Gasteiger partial charge < -0.3 is 5.11 Å². The van der Waals surface area contributed by atoms with Gasteiger partial charge >= 0.3 is 0 Å². The molecule has 0 aliphatic carbocycles. The number of rotatable bonds is 4. The van der Waals surface area contributed by atoms with Gasteiger partial charge in [0.05, 0.1) is 5.57 Å². The fraction of sp³-hybridized carbons (Fsp3) is 0.357. The normalized spacial score (nSPS) is 14.1. The Bertz CT molecular complexity index is 482. The molecule has 4 heteroatoms. The Hall–Kier alpha value is -1.49. The number of carbonyl (C=O) groups is 1. The first-order valence-corrected chi connectivity index (χ1v) is 5.57. The number of carbonyl (C=O) groups excluding carboxylic acids is 1. The van der Waals surface area contributed by atoms with Gasteiger partial charge in [0, 0.05) is 5.56 Å². The zero-order chi connectivity index (χ0) is 14.1. The Morgan fingerprint density at radius 3 is 2.06 bits per heavy atom. The van der Waals surface area contributed by atoms with Crippen LogP contribution in [0.15, 0.2) is 24.3 Å². The van der Waals surface area contributed by atoms with Gasteiger partial charge in [0.1, 0.15) is 0 Å². The Balaban J connectivity index is 3.51. The van der Waals surface area contributed by atoms with Crippen LogP contribution in [0.2, 0.25) is 0 Å². The lowest BCUT2D eigenvalue weighted by Gasteiger charge is -2.29. The molecule has 1 atom stereocenters. The van der Waals surface area contributed by atoms with Crippen molar-refractivity contribution in [3.8, 4) is 0 Å². The summed E-state index contributed by atoms with van der Waals surface area (Å²) < 4.78 is 0. The molecule has 0 radical (unpaired) electrons. The molecule has 0 heterocycles. The fourth-order valence-corrected chi connectivity index (χ4v) is 2.20. The third-order valence-corrected chi connectivity index (χ3v) is 2.98. The van der Waals surface area contributed by atoms with E-state index >= 15 is 0 Å². The van der Waals surface area contributed by atoms with E-state index in [9.17, 15) is 9.90 Å².